The average Bonchev–Trinajstić information content (AvgIpc) is 2.83. The first-order valence-electron chi connectivity index (χ1n) is 11.3. The molecule has 0 unspecified atom stereocenters. The maximum atomic E-state index is 13.4. The number of hydrogen-bond acceptors (Lipinski definition) is 5. The number of benzene rings is 2. The number of rotatable bonds is 8. The first kappa shape index (κ1) is 25.4. The average molecular weight is 479 g/mol. The minimum absolute atomic E-state index is 0.0666. The van der Waals surface area contributed by atoms with Gasteiger partial charge in [-0.05, 0) is 61.8 Å². The van der Waals surface area contributed by atoms with Crippen LogP contribution in [0.15, 0.2) is 48.5 Å². The van der Waals surface area contributed by atoms with Gasteiger partial charge in [-0.1, -0.05) is 30.3 Å². The third kappa shape index (κ3) is 7.40. The predicted octanol–water partition coefficient (Wildman–Crippen LogP) is 5.78. The van der Waals surface area contributed by atoms with Gasteiger partial charge in [-0.2, -0.15) is 13.2 Å². The number of amides is 1. The highest BCUT2D eigenvalue weighted by atomic mass is 19.4. The monoisotopic (exact) mass is 478 g/mol. The first-order valence-corrected chi connectivity index (χ1v) is 11.3. The summed E-state index contributed by atoms with van der Waals surface area (Å²) in [7, 11) is 1.19. The van der Waals surface area contributed by atoms with Gasteiger partial charge in [-0.25, -0.2) is 9.59 Å². The van der Waals surface area contributed by atoms with Gasteiger partial charge < -0.3 is 20.1 Å². The Morgan fingerprint density at radius 1 is 1.03 bits per heavy atom. The molecule has 0 heterocycles. The zero-order valence-corrected chi connectivity index (χ0v) is 19.0. The van der Waals surface area contributed by atoms with E-state index in [1.807, 2.05) is 30.3 Å². The van der Waals surface area contributed by atoms with Crippen LogP contribution in [0.3, 0.4) is 0 Å². The third-order valence-corrected chi connectivity index (χ3v) is 5.99. The topological polar surface area (TPSA) is 76.7 Å². The summed E-state index contributed by atoms with van der Waals surface area (Å²) in [4.78, 5) is 23.6. The van der Waals surface area contributed by atoms with Crippen molar-refractivity contribution in [2.75, 3.05) is 19.0 Å². The van der Waals surface area contributed by atoms with Gasteiger partial charge in [0.05, 0.1) is 18.2 Å². The van der Waals surface area contributed by atoms with Gasteiger partial charge >= 0.3 is 18.2 Å². The maximum absolute atomic E-state index is 13.4. The predicted molar refractivity (Wildman–Crippen MR) is 121 cm³/mol. The lowest BCUT2D eigenvalue weighted by Gasteiger charge is -2.30. The van der Waals surface area contributed by atoms with Gasteiger partial charge in [0.15, 0.2) is 0 Å². The van der Waals surface area contributed by atoms with Crippen LogP contribution in [0.2, 0.25) is 0 Å². The Hall–Kier alpha value is -3.23. The van der Waals surface area contributed by atoms with Gasteiger partial charge in [-0.15, -0.1) is 0 Å². The number of ether oxygens (including phenoxy) is 2. The fraction of sp³-hybridized carbons (Fsp3) is 0.440. The summed E-state index contributed by atoms with van der Waals surface area (Å²) in [6.45, 7) is 0.691. The number of anilines is 1. The molecule has 0 spiro atoms. The van der Waals surface area contributed by atoms with Crippen molar-refractivity contribution in [3.8, 4) is 0 Å². The smallest absolute Gasteiger partial charge is 0.418 e. The maximum Gasteiger partial charge on any atom is 0.418 e. The number of esters is 1. The van der Waals surface area contributed by atoms with Gasteiger partial charge in [-0.3, -0.25) is 0 Å². The number of methoxy groups -OCH3 is 1. The van der Waals surface area contributed by atoms with Crippen molar-refractivity contribution >= 4 is 17.7 Å². The highest BCUT2D eigenvalue weighted by Gasteiger charge is 2.35. The normalized spacial score (nSPS) is 18.1. The van der Waals surface area contributed by atoms with Crippen LogP contribution in [-0.2, 0) is 22.3 Å². The van der Waals surface area contributed by atoms with E-state index >= 15 is 0 Å². The van der Waals surface area contributed by atoms with Crippen molar-refractivity contribution in [1.82, 2.24) is 5.32 Å². The Morgan fingerprint density at radius 3 is 2.38 bits per heavy atom. The fourth-order valence-corrected chi connectivity index (χ4v) is 4.12. The molecule has 6 nitrogen and oxygen atoms in total. The lowest BCUT2D eigenvalue weighted by atomic mass is 9.84. The van der Waals surface area contributed by atoms with Crippen molar-refractivity contribution in [1.29, 1.82) is 0 Å². The second-order valence-corrected chi connectivity index (χ2v) is 8.39. The minimum atomic E-state index is -4.53. The zero-order valence-electron chi connectivity index (χ0n) is 19.0. The summed E-state index contributed by atoms with van der Waals surface area (Å²) in [5.74, 6) is -0.314. The number of alkyl carbamates (subject to hydrolysis) is 1. The molecule has 1 aliphatic carbocycles. The second-order valence-electron chi connectivity index (χ2n) is 8.39. The van der Waals surface area contributed by atoms with E-state index in [2.05, 4.69) is 15.4 Å². The Bertz CT molecular complexity index is 958. The lowest BCUT2D eigenvalue weighted by Crippen LogP contribution is -2.30. The molecule has 1 amide bonds. The SMILES string of the molecule is COC(=O)c1ccc(C(F)(F)F)c(N[C@H]2CC[C@H](CCNC(=O)OCc3ccccc3)CC2)c1. The van der Waals surface area contributed by atoms with Crippen LogP contribution < -0.4 is 10.6 Å². The number of nitrogens with one attached hydrogen (secondary N) is 2. The van der Waals surface area contributed by atoms with E-state index in [0.29, 0.717) is 25.3 Å². The molecule has 0 aromatic heterocycles. The van der Waals surface area contributed by atoms with E-state index in [9.17, 15) is 22.8 Å². The second kappa shape index (κ2) is 11.8. The fourth-order valence-electron chi connectivity index (χ4n) is 4.12. The number of alkyl halides is 3. The molecule has 1 saturated carbocycles. The van der Waals surface area contributed by atoms with Gasteiger partial charge in [0.1, 0.15) is 6.61 Å². The Morgan fingerprint density at radius 2 is 1.74 bits per heavy atom. The van der Waals surface area contributed by atoms with Gasteiger partial charge in [0.25, 0.3) is 0 Å². The Kier molecular flexibility index (Phi) is 8.79. The third-order valence-electron chi connectivity index (χ3n) is 5.99. The summed E-state index contributed by atoms with van der Waals surface area (Å²) in [6, 6.07) is 12.5. The van der Waals surface area contributed by atoms with E-state index in [1.165, 1.54) is 13.2 Å². The van der Waals surface area contributed by atoms with Crippen LogP contribution in [0.4, 0.5) is 23.7 Å². The standard InChI is InChI=1S/C25H29F3N2O4/c1-33-23(31)19-9-12-21(25(26,27)28)22(15-19)30-20-10-7-17(8-11-20)13-14-29-24(32)34-16-18-5-3-2-4-6-18/h2-6,9,12,15,17,20,30H,7-8,10-11,13-14,16H2,1H3,(H,29,32)/t17-,20-. The molecule has 34 heavy (non-hydrogen) atoms. The van der Waals surface area contributed by atoms with E-state index in [1.54, 1.807) is 0 Å². The quantitative estimate of drug-likeness (QED) is 0.471. The molecule has 0 radical (unpaired) electrons. The largest absolute Gasteiger partial charge is 0.465 e. The van der Waals surface area contributed by atoms with Crippen LogP contribution in [0.25, 0.3) is 0 Å². The van der Waals surface area contributed by atoms with E-state index in [4.69, 9.17) is 4.74 Å². The molecule has 1 fully saturated rings. The van der Waals surface area contributed by atoms with Crippen LogP contribution in [0.1, 0.15) is 53.6 Å². The van der Waals surface area contributed by atoms with Crippen molar-refractivity contribution in [3.05, 3.63) is 65.2 Å². The summed E-state index contributed by atoms with van der Waals surface area (Å²) in [5.41, 5.74) is 0.0633. The molecule has 3 rings (SSSR count). The van der Waals surface area contributed by atoms with Crippen LogP contribution in [0.5, 0.6) is 0 Å². The molecular formula is C25H29F3N2O4. The highest BCUT2D eigenvalue weighted by Crippen LogP contribution is 2.37. The molecule has 0 saturated heterocycles. The number of hydrogen-bond donors (Lipinski definition) is 2. The Labute approximate surface area is 196 Å². The van der Waals surface area contributed by atoms with Crippen LogP contribution in [0, 0.1) is 5.92 Å². The molecule has 0 aliphatic heterocycles. The van der Waals surface area contributed by atoms with E-state index < -0.39 is 23.8 Å². The van der Waals surface area contributed by atoms with E-state index in [0.717, 1.165) is 37.0 Å². The minimum Gasteiger partial charge on any atom is -0.465 e. The molecule has 0 atom stereocenters. The van der Waals surface area contributed by atoms with Gasteiger partial charge in [0.2, 0.25) is 0 Å². The molecule has 2 aromatic carbocycles. The first-order chi connectivity index (χ1) is 16.3. The molecule has 2 N–H and O–H groups in total. The molecule has 2 aromatic rings. The molecule has 184 valence electrons. The lowest BCUT2D eigenvalue weighted by molar-refractivity contribution is -0.137. The zero-order chi connectivity index (χ0) is 24.6. The van der Waals surface area contributed by atoms with Crippen molar-refractivity contribution in [2.24, 2.45) is 5.92 Å². The number of carbonyl (C=O) groups is 2. The highest BCUT2D eigenvalue weighted by molar-refractivity contribution is 5.90. The molecule has 9 heteroatoms. The molecule has 1 aliphatic rings. The molecular weight excluding hydrogens is 449 g/mol. The van der Waals surface area contributed by atoms with Crippen LogP contribution >= 0.6 is 0 Å². The Balaban J connectivity index is 1.44. The van der Waals surface area contributed by atoms with Crippen molar-refractivity contribution in [3.63, 3.8) is 0 Å². The summed E-state index contributed by atoms with van der Waals surface area (Å²) in [6.07, 6.45) is -1.17. The number of halogens is 3. The van der Waals surface area contributed by atoms with Gasteiger partial charge in [0, 0.05) is 18.3 Å². The summed E-state index contributed by atoms with van der Waals surface area (Å²) in [5, 5.41) is 5.74. The van der Waals surface area contributed by atoms with Crippen molar-refractivity contribution < 1.29 is 32.2 Å². The summed E-state index contributed by atoms with van der Waals surface area (Å²) < 4.78 is 50.1. The van der Waals surface area contributed by atoms with E-state index in [-0.39, 0.29) is 23.9 Å². The number of carbonyl (C=O) groups excluding carboxylic acids is 2. The summed E-state index contributed by atoms with van der Waals surface area (Å²) >= 11 is 0. The molecule has 0 bridgehead atoms. The van der Waals surface area contributed by atoms with Crippen molar-refractivity contribution in [2.45, 2.75) is 50.9 Å². The van der Waals surface area contributed by atoms with Crippen LogP contribution in [-0.4, -0.2) is 31.8 Å².